The van der Waals surface area contributed by atoms with Crippen molar-refractivity contribution in [2.24, 2.45) is 11.8 Å². The molecule has 0 saturated carbocycles. The van der Waals surface area contributed by atoms with Crippen LogP contribution in [0.4, 0.5) is 17.1 Å². The molecule has 3 heterocycles. The van der Waals surface area contributed by atoms with E-state index in [1.165, 1.54) is 26.2 Å². The normalized spacial score (nSPS) is 24.6. The van der Waals surface area contributed by atoms with Gasteiger partial charge in [0.2, 0.25) is 11.8 Å². The molecule has 10 nitrogen and oxygen atoms in total. The second-order valence-electron chi connectivity index (χ2n) is 8.41. The molecule has 2 aromatic carbocycles. The fourth-order valence-corrected chi connectivity index (χ4v) is 5.34. The van der Waals surface area contributed by atoms with Crippen LogP contribution in [0.3, 0.4) is 0 Å². The lowest BCUT2D eigenvalue weighted by molar-refractivity contribution is -0.384. The van der Waals surface area contributed by atoms with Gasteiger partial charge >= 0.3 is 0 Å². The molecular formula is C24H21N3O7. The van der Waals surface area contributed by atoms with Crippen LogP contribution >= 0.6 is 0 Å². The van der Waals surface area contributed by atoms with Crippen LogP contribution in [0.15, 0.2) is 42.5 Å². The molecule has 5 rings (SSSR count). The maximum atomic E-state index is 13.7. The van der Waals surface area contributed by atoms with E-state index in [2.05, 4.69) is 0 Å². The number of anilines is 2. The molecule has 0 spiro atoms. The van der Waals surface area contributed by atoms with Crippen molar-refractivity contribution in [3.05, 3.63) is 58.2 Å². The highest BCUT2D eigenvalue weighted by Crippen LogP contribution is 2.50. The number of non-ortho nitro benzene ring substituents is 1. The van der Waals surface area contributed by atoms with Gasteiger partial charge in [-0.3, -0.25) is 24.5 Å². The van der Waals surface area contributed by atoms with E-state index in [9.17, 15) is 24.5 Å². The van der Waals surface area contributed by atoms with Gasteiger partial charge in [0, 0.05) is 23.4 Å². The standard InChI is InChI=1S/C24H21N3O7/c1-12(28)22-21-20(17-7-4-13-10-15(33-2)6-8-16(13)25(17)22)23(29)26(24(21)30)18-11-14(27(31)32)5-9-19(18)34-3/h4-11,17,20-22H,1-3H3/t17-,20+,21-,22-/m0/s1. The summed E-state index contributed by atoms with van der Waals surface area (Å²) in [7, 11) is 2.91. The first-order valence-electron chi connectivity index (χ1n) is 10.6. The van der Waals surface area contributed by atoms with E-state index in [4.69, 9.17) is 9.47 Å². The summed E-state index contributed by atoms with van der Waals surface area (Å²) >= 11 is 0. The molecule has 4 atom stereocenters. The molecule has 3 aliphatic heterocycles. The first kappa shape index (κ1) is 21.6. The van der Waals surface area contributed by atoms with Gasteiger partial charge in [-0.1, -0.05) is 12.2 Å². The number of carbonyl (C=O) groups is 3. The Balaban J connectivity index is 1.62. The van der Waals surface area contributed by atoms with Crippen LogP contribution < -0.4 is 19.3 Å². The van der Waals surface area contributed by atoms with Crippen molar-refractivity contribution in [3.8, 4) is 11.5 Å². The van der Waals surface area contributed by atoms with E-state index in [1.807, 2.05) is 29.2 Å². The average Bonchev–Trinajstić information content (AvgIpc) is 3.31. The van der Waals surface area contributed by atoms with Crippen LogP contribution in [0.25, 0.3) is 6.08 Å². The number of ether oxygens (including phenoxy) is 2. The lowest BCUT2D eigenvalue weighted by Gasteiger charge is -2.36. The maximum absolute atomic E-state index is 13.7. The first-order valence-corrected chi connectivity index (χ1v) is 10.6. The molecular weight excluding hydrogens is 442 g/mol. The van der Waals surface area contributed by atoms with Crippen LogP contribution in [0, 0.1) is 22.0 Å². The predicted molar refractivity (Wildman–Crippen MR) is 122 cm³/mol. The molecule has 2 fully saturated rings. The number of nitro groups is 1. The Labute approximate surface area is 194 Å². The Morgan fingerprint density at radius 3 is 2.38 bits per heavy atom. The summed E-state index contributed by atoms with van der Waals surface area (Å²) in [5.41, 5.74) is 1.28. The average molecular weight is 463 g/mol. The third kappa shape index (κ3) is 2.91. The largest absolute Gasteiger partial charge is 0.497 e. The number of nitrogens with zero attached hydrogens (tertiary/aromatic N) is 3. The first-order chi connectivity index (χ1) is 16.3. The minimum absolute atomic E-state index is 0.000113. The number of nitro benzene ring substituents is 1. The molecule has 2 aromatic rings. The molecule has 2 amide bonds. The quantitative estimate of drug-likeness (QED) is 0.377. The molecule has 0 aromatic heterocycles. The Hall–Kier alpha value is -4.21. The predicted octanol–water partition coefficient (Wildman–Crippen LogP) is 2.59. The number of amides is 2. The Bertz CT molecular complexity index is 1290. The van der Waals surface area contributed by atoms with Crippen molar-refractivity contribution in [2.45, 2.75) is 19.0 Å². The zero-order valence-corrected chi connectivity index (χ0v) is 18.6. The highest BCUT2D eigenvalue weighted by Gasteiger charge is 2.64. The fourth-order valence-electron chi connectivity index (χ4n) is 5.34. The van der Waals surface area contributed by atoms with Gasteiger partial charge in [-0.2, -0.15) is 0 Å². The molecule has 0 aliphatic carbocycles. The van der Waals surface area contributed by atoms with Crippen LogP contribution in [0.1, 0.15) is 12.5 Å². The van der Waals surface area contributed by atoms with Gasteiger partial charge in [-0.05, 0) is 31.2 Å². The highest BCUT2D eigenvalue weighted by atomic mass is 16.6. The summed E-state index contributed by atoms with van der Waals surface area (Å²) in [5, 5.41) is 11.3. The Morgan fingerprint density at radius 2 is 1.74 bits per heavy atom. The number of ketones is 1. The van der Waals surface area contributed by atoms with Crippen molar-refractivity contribution in [3.63, 3.8) is 0 Å². The van der Waals surface area contributed by atoms with Crippen molar-refractivity contribution >= 4 is 40.7 Å². The van der Waals surface area contributed by atoms with Gasteiger partial charge in [0.05, 0.1) is 37.0 Å². The van der Waals surface area contributed by atoms with E-state index in [0.29, 0.717) is 5.75 Å². The van der Waals surface area contributed by atoms with E-state index in [1.54, 1.807) is 13.2 Å². The summed E-state index contributed by atoms with van der Waals surface area (Å²) in [6.07, 6.45) is 3.68. The fraction of sp³-hybridized carbons (Fsp3) is 0.292. The molecule has 2 saturated heterocycles. The SMILES string of the molecule is COc1ccc2c(c1)C=C[C@H]1[C@H]3C(=O)N(c4cc([N+](=O)[O-])ccc4OC)C(=O)[C@@H]3[C@H](C(C)=O)N21. The minimum atomic E-state index is -0.934. The third-order valence-electron chi connectivity index (χ3n) is 6.74. The van der Waals surface area contributed by atoms with Gasteiger partial charge in [0.1, 0.15) is 23.2 Å². The smallest absolute Gasteiger partial charge is 0.271 e. The summed E-state index contributed by atoms with van der Waals surface area (Å²) in [5.74, 6) is -2.30. The van der Waals surface area contributed by atoms with Gasteiger partial charge in [0.25, 0.3) is 5.69 Å². The van der Waals surface area contributed by atoms with Crippen molar-refractivity contribution < 1.29 is 28.8 Å². The summed E-state index contributed by atoms with van der Waals surface area (Å²) in [6.45, 7) is 1.40. The number of hydrogen-bond donors (Lipinski definition) is 0. The van der Waals surface area contributed by atoms with Crippen molar-refractivity contribution in [2.75, 3.05) is 24.0 Å². The Kier molecular flexibility index (Phi) is 4.89. The van der Waals surface area contributed by atoms with Crippen molar-refractivity contribution in [1.82, 2.24) is 0 Å². The van der Waals surface area contributed by atoms with Crippen LogP contribution in [-0.2, 0) is 14.4 Å². The monoisotopic (exact) mass is 463 g/mol. The van der Waals surface area contributed by atoms with Crippen molar-refractivity contribution in [1.29, 1.82) is 0 Å². The molecule has 0 radical (unpaired) electrons. The van der Waals surface area contributed by atoms with Crippen LogP contribution in [0.2, 0.25) is 0 Å². The maximum Gasteiger partial charge on any atom is 0.271 e. The minimum Gasteiger partial charge on any atom is -0.497 e. The zero-order valence-electron chi connectivity index (χ0n) is 18.6. The molecule has 3 aliphatic rings. The van der Waals surface area contributed by atoms with E-state index in [0.717, 1.165) is 22.2 Å². The number of fused-ring (bicyclic) bond motifs is 5. The zero-order chi connectivity index (χ0) is 24.3. The van der Waals surface area contributed by atoms with E-state index < -0.39 is 40.7 Å². The molecule has 0 N–H and O–H groups in total. The number of rotatable bonds is 5. The summed E-state index contributed by atoms with van der Waals surface area (Å²) in [6, 6.07) is 7.77. The number of benzene rings is 2. The highest BCUT2D eigenvalue weighted by molar-refractivity contribution is 6.25. The van der Waals surface area contributed by atoms with Gasteiger partial charge in [-0.15, -0.1) is 0 Å². The van der Waals surface area contributed by atoms with Gasteiger partial charge in [0.15, 0.2) is 5.78 Å². The van der Waals surface area contributed by atoms with E-state index in [-0.39, 0.29) is 22.9 Å². The molecule has 34 heavy (non-hydrogen) atoms. The number of hydrogen-bond acceptors (Lipinski definition) is 8. The third-order valence-corrected chi connectivity index (χ3v) is 6.74. The van der Waals surface area contributed by atoms with E-state index >= 15 is 0 Å². The number of Topliss-reactive ketones (excluding diaryl/α,β-unsaturated/α-hetero) is 1. The number of carbonyl (C=O) groups excluding carboxylic acids is 3. The lowest BCUT2D eigenvalue weighted by Crippen LogP contribution is -2.48. The van der Waals surface area contributed by atoms with Gasteiger partial charge < -0.3 is 14.4 Å². The van der Waals surface area contributed by atoms with Crippen LogP contribution in [-0.4, -0.2) is 48.8 Å². The Morgan fingerprint density at radius 1 is 1.00 bits per heavy atom. The molecule has 0 bridgehead atoms. The molecule has 10 heteroatoms. The van der Waals surface area contributed by atoms with Crippen LogP contribution in [0.5, 0.6) is 11.5 Å². The topological polar surface area (TPSA) is 119 Å². The number of imide groups is 1. The molecule has 0 unspecified atom stereocenters. The number of methoxy groups -OCH3 is 2. The second kappa shape index (κ2) is 7.68. The second-order valence-corrected chi connectivity index (χ2v) is 8.41. The summed E-state index contributed by atoms with van der Waals surface area (Å²) < 4.78 is 10.6. The lowest BCUT2D eigenvalue weighted by atomic mass is 9.88. The van der Waals surface area contributed by atoms with Gasteiger partial charge in [-0.25, -0.2) is 4.90 Å². The summed E-state index contributed by atoms with van der Waals surface area (Å²) in [4.78, 5) is 53.7. The molecule has 174 valence electrons.